The summed E-state index contributed by atoms with van der Waals surface area (Å²) in [5.74, 6) is 0.0883. The number of aromatic nitrogens is 3. The number of hydrogen-bond donors (Lipinski definition) is 0. The topological polar surface area (TPSA) is 47.8 Å². The maximum atomic E-state index is 11.9. The number of pyridine rings is 1. The number of aryl methyl sites for hydroxylation is 2. The van der Waals surface area contributed by atoms with Gasteiger partial charge in [0.15, 0.2) is 5.78 Å². The average Bonchev–Trinajstić information content (AvgIpc) is 2.59. The van der Waals surface area contributed by atoms with Crippen LogP contribution in [-0.4, -0.2) is 20.5 Å². The largest absolute Gasteiger partial charge is 0.294 e. The monoisotopic (exact) mass is 215 g/mol. The van der Waals surface area contributed by atoms with Gasteiger partial charge in [0.05, 0.1) is 12.1 Å². The van der Waals surface area contributed by atoms with Crippen LogP contribution in [0.25, 0.3) is 0 Å². The van der Waals surface area contributed by atoms with Crippen molar-refractivity contribution in [2.45, 2.75) is 13.3 Å². The molecule has 0 N–H and O–H groups in total. The molecule has 0 atom stereocenters. The van der Waals surface area contributed by atoms with Gasteiger partial charge in [-0.25, -0.2) is 0 Å². The molecule has 2 heterocycles. The summed E-state index contributed by atoms with van der Waals surface area (Å²) in [5.41, 5.74) is 2.55. The summed E-state index contributed by atoms with van der Waals surface area (Å²) in [5, 5.41) is 4.21. The molecule has 2 rings (SSSR count). The van der Waals surface area contributed by atoms with Crippen LogP contribution in [0, 0.1) is 6.92 Å². The van der Waals surface area contributed by atoms with Crippen molar-refractivity contribution in [1.29, 1.82) is 0 Å². The van der Waals surface area contributed by atoms with Crippen LogP contribution in [0.3, 0.4) is 0 Å². The van der Waals surface area contributed by atoms with Gasteiger partial charge < -0.3 is 0 Å². The molecule has 4 nitrogen and oxygen atoms in total. The summed E-state index contributed by atoms with van der Waals surface area (Å²) in [6.07, 6.45) is 3.63. The Morgan fingerprint density at radius 1 is 1.38 bits per heavy atom. The molecule has 0 aromatic carbocycles. The van der Waals surface area contributed by atoms with Gasteiger partial charge in [-0.15, -0.1) is 0 Å². The zero-order valence-corrected chi connectivity index (χ0v) is 9.34. The number of rotatable bonds is 3. The lowest BCUT2D eigenvalue weighted by Crippen LogP contribution is -2.07. The van der Waals surface area contributed by atoms with E-state index in [9.17, 15) is 4.79 Å². The van der Waals surface area contributed by atoms with Crippen LogP contribution in [-0.2, 0) is 13.5 Å². The number of carbonyl (C=O) groups is 1. The summed E-state index contributed by atoms with van der Waals surface area (Å²) in [4.78, 5) is 15.8. The van der Waals surface area contributed by atoms with Gasteiger partial charge in [0.25, 0.3) is 0 Å². The first-order valence-corrected chi connectivity index (χ1v) is 5.09. The van der Waals surface area contributed by atoms with Crippen LogP contribution < -0.4 is 0 Å². The van der Waals surface area contributed by atoms with E-state index in [0.717, 1.165) is 11.4 Å². The zero-order valence-electron chi connectivity index (χ0n) is 9.34. The third-order valence-corrected chi connectivity index (χ3v) is 2.44. The highest BCUT2D eigenvalue weighted by molar-refractivity contribution is 5.97. The molecule has 0 unspecified atom stereocenters. The number of Topliss-reactive ketones (excluding diaryl/α,β-unsaturated/α-hetero) is 1. The molecule has 0 amide bonds. The van der Waals surface area contributed by atoms with E-state index in [2.05, 4.69) is 10.1 Å². The first-order chi connectivity index (χ1) is 7.66. The van der Waals surface area contributed by atoms with Gasteiger partial charge in [0, 0.05) is 30.7 Å². The third-order valence-electron chi connectivity index (χ3n) is 2.44. The maximum absolute atomic E-state index is 11.9. The van der Waals surface area contributed by atoms with Gasteiger partial charge in [0.1, 0.15) is 0 Å². The number of ketones is 1. The van der Waals surface area contributed by atoms with E-state index in [4.69, 9.17) is 0 Å². The van der Waals surface area contributed by atoms with Gasteiger partial charge >= 0.3 is 0 Å². The second-order valence-corrected chi connectivity index (χ2v) is 3.74. The molecule has 0 spiro atoms. The predicted molar refractivity (Wildman–Crippen MR) is 60.2 cm³/mol. The smallest absolute Gasteiger partial charge is 0.168 e. The van der Waals surface area contributed by atoms with Crippen LogP contribution >= 0.6 is 0 Å². The van der Waals surface area contributed by atoms with E-state index in [1.807, 2.05) is 20.0 Å². The van der Waals surface area contributed by atoms with Crippen molar-refractivity contribution in [3.05, 3.63) is 47.5 Å². The van der Waals surface area contributed by atoms with E-state index in [-0.39, 0.29) is 5.78 Å². The summed E-state index contributed by atoms with van der Waals surface area (Å²) >= 11 is 0. The van der Waals surface area contributed by atoms with Crippen molar-refractivity contribution >= 4 is 5.78 Å². The second kappa shape index (κ2) is 4.26. The molecule has 0 aliphatic rings. The molecular weight excluding hydrogens is 202 g/mol. The lowest BCUT2D eigenvalue weighted by atomic mass is 10.1. The van der Waals surface area contributed by atoms with Crippen LogP contribution in [0.4, 0.5) is 0 Å². The highest BCUT2D eigenvalue weighted by atomic mass is 16.1. The fourth-order valence-corrected chi connectivity index (χ4v) is 1.63. The van der Waals surface area contributed by atoms with Gasteiger partial charge in [-0.3, -0.25) is 14.5 Å². The highest BCUT2D eigenvalue weighted by Crippen LogP contribution is 2.07. The molecule has 0 fully saturated rings. The van der Waals surface area contributed by atoms with Gasteiger partial charge in [-0.1, -0.05) is 0 Å². The molecule has 4 heteroatoms. The Kier molecular flexibility index (Phi) is 2.81. The van der Waals surface area contributed by atoms with E-state index < -0.39 is 0 Å². The summed E-state index contributed by atoms with van der Waals surface area (Å²) in [6, 6.07) is 5.39. The quantitative estimate of drug-likeness (QED) is 0.730. The van der Waals surface area contributed by atoms with Crippen LogP contribution in [0.1, 0.15) is 21.7 Å². The van der Waals surface area contributed by atoms with Crippen molar-refractivity contribution in [2.24, 2.45) is 7.05 Å². The fourth-order valence-electron chi connectivity index (χ4n) is 1.63. The first kappa shape index (κ1) is 10.5. The SMILES string of the molecule is Cc1cc(CC(=O)c2ccncc2)n(C)n1. The average molecular weight is 215 g/mol. The first-order valence-electron chi connectivity index (χ1n) is 5.09. The number of hydrogen-bond acceptors (Lipinski definition) is 3. The molecule has 2 aromatic heterocycles. The molecule has 0 saturated heterocycles. The molecule has 16 heavy (non-hydrogen) atoms. The Balaban J connectivity index is 2.17. The standard InChI is InChI=1S/C12H13N3O/c1-9-7-11(15(2)14-9)8-12(16)10-3-5-13-6-4-10/h3-7H,8H2,1-2H3. The highest BCUT2D eigenvalue weighted by Gasteiger charge is 2.10. The molecule has 0 aliphatic carbocycles. The van der Waals surface area contributed by atoms with Crippen molar-refractivity contribution in [2.75, 3.05) is 0 Å². The maximum Gasteiger partial charge on any atom is 0.168 e. The van der Waals surface area contributed by atoms with Crippen molar-refractivity contribution in [1.82, 2.24) is 14.8 Å². The van der Waals surface area contributed by atoms with Crippen LogP contribution in [0.2, 0.25) is 0 Å². The van der Waals surface area contributed by atoms with Crippen molar-refractivity contribution in [3.63, 3.8) is 0 Å². The Bertz CT molecular complexity index is 502. The molecule has 0 aliphatic heterocycles. The Hall–Kier alpha value is -1.97. The second-order valence-electron chi connectivity index (χ2n) is 3.74. The third kappa shape index (κ3) is 2.16. The minimum absolute atomic E-state index is 0.0883. The fraction of sp³-hybridized carbons (Fsp3) is 0.250. The Morgan fingerprint density at radius 2 is 2.06 bits per heavy atom. The van der Waals surface area contributed by atoms with Crippen molar-refractivity contribution in [3.8, 4) is 0 Å². The summed E-state index contributed by atoms with van der Waals surface area (Å²) in [6.45, 7) is 1.92. The Morgan fingerprint density at radius 3 is 2.62 bits per heavy atom. The molecule has 0 saturated carbocycles. The number of carbonyl (C=O) groups excluding carboxylic acids is 1. The molecule has 2 aromatic rings. The lowest BCUT2D eigenvalue weighted by Gasteiger charge is -2.01. The van der Waals surface area contributed by atoms with Crippen LogP contribution in [0.5, 0.6) is 0 Å². The number of nitrogens with zero attached hydrogens (tertiary/aromatic N) is 3. The van der Waals surface area contributed by atoms with E-state index in [1.54, 1.807) is 29.2 Å². The lowest BCUT2D eigenvalue weighted by molar-refractivity contribution is 0.0990. The normalized spacial score (nSPS) is 10.4. The van der Waals surface area contributed by atoms with Crippen molar-refractivity contribution < 1.29 is 4.79 Å². The minimum atomic E-state index is 0.0883. The molecule has 82 valence electrons. The molecular formula is C12H13N3O. The van der Waals surface area contributed by atoms with Gasteiger partial charge in [0.2, 0.25) is 0 Å². The van der Waals surface area contributed by atoms with Gasteiger partial charge in [-0.05, 0) is 25.1 Å². The molecule has 0 bridgehead atoms. The summed E-state index contributed by atoms with van der Waals surface area (Å²) in [7, 11) is 1.85. The van der Waals surface area contributed by atoms with Gasteiger partial charge in [-0.2, -0.15) is 5.10 Å². The minimum Gasteiger partial charge on any atom is -0.294 e. The van der Waals surface area contributed by atoms with E-state index >= 15 is 0 Å². The summed E-state index contributed by atoms with van der Waals surface area (Å²) < 4.78 is 1.74. The zero-order chi connectivity index (χ0) is 11.5. The van der Waals surface area contributed by atoms with E-state index in [0.29, 0.717) is 12.0 Å². The van der Waals surface area contributed by atoms with Crippen LogP contribution in [0.15, 0.2) is 30.6 Å². The molecule has 0 radical (unpaired) electrons. The Labute approximate surface area is 93.9 Å². The van der Waals surface area contributed by atoms with E-state index in [1.165, 1.54) is 0 Å². The predicted octanol–water partition coefficient (Wildman–Crippen LogP) is 1.55.